The van der Waals surface area contributed by atoms with Crippen molar-refractivity contribution in [3.05, 3.63) is 53.7 Å². The summed E-state index contributed by atoms with van der Waals surface area (Å²) >= 11 is 1.59. The highest BCUT2D eigenvalue weighted by molar-refractivity contribution is 7.13. The number of piperidine rings is 1. The number of nitrogens with one attached hydrogen (secondary N) is 1. The van der Waals surface area contributed by atoms with Crippen LogP contribution in [-0.2, 0) is 4.79 Å². The van der Waals surface area contributed by atoms with Gasteiger partial charge in [-0.25, -0.2) is 0 Å². The summed E-state index contributed by atoms with van der Waals surface area (Å²) in [6.45, 7) is 3.76. The predicted molar refractivity (Wildman–Crippen MR) is 105 cm³/mol. The number of thiophene rings is 1. The summed E-state index contributed by atoms with van der Waals surface area (Å²) in [4.78, 5) is 15.8. The largest absolute Gasteiger partial charge is 0.418 e. The molecule has 3 aromatic rings. The molecule has 27 heavy (non-hydrogen) atoms. The Balaban J connectivity index is 1.33. The lowest BCUT2D eigenvalue weighted by Gasteiger charge is -2.33. The molecule has 1 saturated heterocycles. The molecule has 1 N–H and O–H groups in total. The first kappa shape index (κ1) is 17.9. The van der Waals surface area contributed by atoms with Crippen molar-refractivity contribution < 1.29 is 9.21 Å². The number of likely N-dealkylation sites (tertiary alicyclic amines) is 1. The van der Waals surface area contributed by atoms with E-state index in [9.17, 15) is 4.79 Å². The van der Waals surface area contributed by atoms with Crippen molar-refractivity contribution in [1.82, 2.24) is 15.1 Å². The first-order valence-electron chi connectivity index (χ1n) is 9.18. The van der Waals surface area contributed by atoms with E-state index in [0.29, 0.717) is 11.8 Å². The number of carbonyl (C=O) groups is 1. The standard InChI is InChI=1S/C20H22N4O2S/c1-14(19-22-23-20(26-19)17-8-5-13-27-17)24-11-9-15(10-12-24)18(25)21-16-6-3-2-4-7-16/h2-8,13-15H,9-12H2,1H3,(H,21,25). The minimum Gasteiger partial charge on any atom is -0.418 e. The van der Waals surface area contributed by atoms with Crippen LogP contribution in [0, 0.1) is 5.92 Å². The average molecular weight is 382 g/mol. The Kier molecular flexibility index (Phi) is 5.31. The lowest BCUT2D eigenvalue weighted by atomic mass is 9.95. The number of anilines is 1. The highest BCUT2D eigenvalue weighted by Crippen LogP contribution is 2.29. The predicted octanol–water partition coefficient (Wildman–Crippen LogP) is 4.21. The fraction of sp³-hybridized carbons (Fsp3) is 0.350. The maximum Gasteiger partial charge on any atom is 0.257 e. The fourth-order valence-electron chi connectivity index (χ4n) is 3.37. The monoisotopic (exact) mass is 382 g/mol. The normalized spacial score (nSPS) is 16.9. The van der Waals surface area contributed by atoms with Crippen LogP contribution in [0.3, 0.4) is 0 Å². The molecule has 4 rings (SSSR count). The molecule has 1 atom stereocenters. The molecule has 2 aromatic heterocycles. The smallest absolute Gasteiger partial charge is 0.257 e. The van der Waals surface area contributed by atoms with Crippen LogP contribution < -0.4 is 5.32 Å². The van der Waals surface area contributed by atoms with E-state index in [2.05, 4.69) is 27.3 Å². The van der Waals surface area contributed by atoms with Gasteiger partial charge in [-0.05, 0) is 56.4 Å². The third-order valence-corrected chi connectivity index (χ3v) is 5.88. The second-order valence-electron chi connectivity index (χ2n) is 6.76. The molecule has 1 unspecified atom stereocenters. The van der Waals surface area contributed by atoms with Crippen molar-refractivity contribution >= 4 is 22.9 Å². The lowest BCUT2D eigenvalue weighted by molar-refractivity contribution is -0.121. The molecule has 1 aromatic carbocycles. The van der Waals surface area contributed by atoms with Gasteiger partial charge in [0.15, 0.2) is 0 Å². The average Bonchev–Trinajstić information content (AvgIpc) is 3.40. The third-order valence-electron chi connectivity index (χ3n) is 5.02. The van der Waals surface area contributed by atoms with Gasteiger partial charge in [-0.1, -0.05) is 24.3 Å². The van der Waals surface area contributed by atoms with Crippen LogP contribution in [0.5, 0.6) is 0 Å². The van der Waals surface area contributed by atoms with E-state index in [1.807, 2.05) is 47.8 Å². The molecule has 1 amide bonds. The molecule has 3 heterocycles. The summed E-state index contributed by atoms with van der Waals surface area (Å²) in [5.74, 6) is 1.35. The Morgan fingerprint density at radius 1 is 1.19 bits per heavy atom. The minimum atomic E-state index is 0.0398. The number of para-hydroxylation sites is 1. The zero-order valence-corrected chi connectivity index (χ0v) is 16.0. The van der Waals surface area contributed by atoms with Gasteiger partial charge in [0.05, 0.1) is 10.9 Å². The maximum atomic E-state index is 12.5. The fourth-order valence-corrected chi connectivity index (χ4v) is 4.02. The highest BCUT2D eigenvalue weighted by atomic mass is 32.1. The van der Waals surface area contributed by atoms with Gasteiger partial charge in [0.25, 0.3) is 5.89 Å². The number of hydrogen-bond donors (Lipinski definition) is 1. The number of hydrogen-bond acceptors (Lipinski definition) is 6. The van der Waals surface area contributed by atoms with Crippen LogP contribution >= 0.6 is 11.3 Å². The van der Waals surface area contributed by atoms with Crippen molar-refractivity contribution in [2.45, 2.75) is 25.8 Å². The van der Waals surface area contributed by atoms with Crippen molar-refractivity contribution in [2.75, 3.05) is 18.4 Å². The lowest BCUT2D eigenvalue weighted by Crippen LogP contribution is -2.39. The Labute approximate surface area is 162 Å². The SMILES string of the molecule is CC(c1nnc(-c2cccs2)o1)N1CCC(C(=O)Nc2ccccc2)CC1. The van der Waals surface area contributed by atoms with Crippen LogP contribution in [0.15, 0.2) is 52.3 Å². The molecule has 7 heteroatoms. The second-order valence-corrected chi connectivity index (χ2v) is 7.71. The molecule has 0 spiro atoms. The molecule has 0 saturated carbocycles. The van der Waals surface area contributed by atoms with Crippen LogP contribution in [0.4, 0.5) is 5.69 Å². The van der Waals surface area contributed by atoms with Gasteiger partial charge in [0.2, 0.25) is 11.8 Å². The van der Waals surface area contributed by atoms with Gasteiger partial charge in [-0.3, -0.25) is 9.69 Å². The van der Waals surface area contributed by atoms with E-state index >= 15 is 0 Å². The number of aromatic nitrogens is 2. The van der Waals surface area contributed by atoms with Gasteiger partial charge < -0.3 is 9.73 Å². The quantitative estimate of drug-likeness (QED) is 0.716. The van der Waals surface area contributed by atoms with Crippen molar-refractivity contribution in [3.8, 4) is 10.8 Å². The van der Waals surface area contributed by atoms with E-state index in [1.165, 1.54) is 0 Å². The molecule has 1 fully saturated rings. The molecule has 0 radical (unpaired) electrons. The van der Waals surface area contributed by atoms with E-state index in [4.69, 9.17) is 4.42 Å². The Morgan fingerprint density at radius 3 is 2.67 bits per heavy atom. The van der Waals surface area contributed by atoms with Gasteiger partial charge in [0.1, 0.15) is 0 Å². The summed E-state index contributed by atoms with van der Waals surface area (Å²) in [5.41, 5.74) is 0.852. The summed E-state index contributed by atoms with van der Waals surface area (Å²) < 4.78 is 5.86. The first-order valence-corrected chi connectivity index (χ1v) is 10.1. The molecular weight excluding hydrogens is 360 g/mol. The minimum absolute atomic E-state index is 0.0398. The Bertz CT molecular complexity index is 871. The Hall–Kier alpha value is -2.51. The van der Waals surface area contributed by atoms with Gasteiger partial charge >= 0.3 is 0 Å². The zero-order chi connectivity index (χ0) is 18.6. The number of rotatable bonds is 5. The molecule has 6 nitrogen and oxygen atoms in total. The number of amides is 1. The molecule has 1 aliphatic heterocycles. The summed E-state index contributed by atoms with van der Waals surface area (Å²) in [6, 6.07) is 13.6. The van der Waals surface area contributed by atoms with E-state index < -0.39 is 0 Å². The summed E-state index contributed by atoms with van der Waals surface area (Å²) in [6.07, 6.45) is 1.66. The maximum absolute atomic E-state index is 12.5. The zero-order valence-electron chi connectivity index (χ0n) is 15.2. The second kappa shape index (κ2) is 8.02. The van der Waals surface area contributed by atoms with Crippen LogP contribution in [0.1, 0.15) is 31.7 Å². The molecule has 0 aliphatic carbocycles. The van der Waals surface area contributed by atoms with Crippen LogP contribution in [0.25, 0.3) is 10.8 Å². The topological polar surface area (TPSA) is 71.3 Å². The third kappa shape index (κ3) is 4.09. The molecular formula is C20H22N4O2S. The van der Waals surface area contributed by atoms with Crippen LogP contribution in [0.2, 0.25) is 0 Å². The molecule has 0 bridgehead atoms. The number of benzene rings is 1. The van der Waals surface area contributed by atoms with Gasteiger partial charge in [-0.15, -0.1) is 21.5 Å². The van der Waals surface area contributed by atoms with Crippen molar-refractivity contribution in [1.29, 1.82) is 0 Å². The summed E-state index contributed by atoms with van der Waals surface area (Å²) in [7, 11) is 0. The van der Waals surface area contributed by atoms with E-state index in [-0.39, 0.29) is 17.9 Å². The number of carbonyl (C=O) groups excluding carboxylic acids is 1. The summed E-state index contributed by atoms with van der Waals surface area (Å²) in [5, 5.41) is 13.4. The number of nitrogens with zero attached hydrogens (tertiary/aromatic N) is 3. The van der Waals surface area contributed by atoms with Crippen molar-refractivity contribution in [3.63, 3.8) is 0 Å². The Morgan fingerprint density at radius 2 is 1.96 bits per heavy atom. The highest BCUT2D eigenvalue weighted by Gasteiger charge is 2.30. The van der Waals surface area contributed by atoms with E-state index in [0.717, 1.165) is 36.5 Å². The first-order chi connectivity index (χ1) is 13.2. The van der Waals surface area contributed by atoms with Gasteiger partial charge in [0, 0.05) is 11.6 Å². The van der Waals surface area contributed by atoms with Crippen LogP contribution in [-0.4, -0.2) is 34.1 Å². The molecule has 140 valence electrons. The van der Waals surface area contributed by atoms with E-state index in [1.54, 1.807) is 11.3 Å². The van der Waals surface area contributed by atoms with Gasteiger partial charge in [-0.2, -0.15) is 0 Å². The van der Waals surface area contributed by atoms with Crippen molar-refractivity contribution in [2.24, 2.45) is 5.92 Å². The molecule has 1 aliphatic rings.